The van der Waals surface area contributed by atoms with Crippen LogP contribution in [0.3, 0.4) is 0 Å². The number of rotatable bonds is 3. The fourth-order valence-electron chi connectivity index (χ4n) is 2.36. The van der Waals surface area contributed by atoms with Gasteiger partial charge in [-0.3, -0.25) is 14.9 Å². The van der Waals surface area contributed by atoms with Crippen molar-refractivity contribution in [3.05, 3.63) is 39.9 Å². The zero-order chi connectivity index (χ0) is 13.8. The SMILES string of the molecule is CNC1CCN(C(=O)c2ccccc2[N+](=O)[O-])CC1. The second-order valence-electron chi connectivity index (χ2n) is 4.63. The third-order valence-electron chi connectivity index (χ3n) is 3.52. The summed E-state index contributed by atoms with van der Waals surface area (Å²) < 4.78 is 0. The van der Waals surface area contributed by atoms with E-state index in [0.717, 1.165) is 12.8 Å². The first-order chi connectivity index (χ1) is 9.13. The highest BCUT2D eigenvalue weighted by Crippen LogP contribution is 2.21. The number of likely N-dealkylation sites (tertiary alicyclic amines) is 1. The van der Waals surface area contributed by atoms with E-state index < -0.39 is 4.92 Å². The van der Waals surface area contributed by atoms with Crippen molar-refractivity contribution in [3.8, 4) is 0 Å². The quantitative estimate of drug-likeness (QED) is 0.661. The van der Waals surface area contributed by atoms with Gasteiger partial charge in [0.15, 0.2) is 0 Å². The van der Waals surface area contributed by atoms with Crippen LogP contribution in [0.15, 0.2) is 24.3 Å². The van der Waals surface area contributed by atoms with E-state index >= 15 is 0 Å². The van der Waals surface area contributed by atoms with Crippen molar-refractivity contribution in [1.29, 1.82) is 0 Å². The van der Waals surface area contributed by atoms with Gasteiger partial charge in [-0.2, -0.15) is 0 Å². The molecule has 0 aliphatic carbocycles. The van der Waals surface area contributed by atoms with Crippen molar-refractivity contribution in [3.63, 3.8) is 0 Å². The summed E-state index contributed by atoms with van der Waals surface area (Å²) in [7, 11) is 1.91. The van der Waals surface area contributed by atoms with Crippen LogP contribution in [0.4, 0.5) is 5.69 Å². The number of hydrogen-bond donors (Lipinski definition) is 1. The summed E-state index contributed by atoms with van der Waals surface area (Å²) in [4.78, 5) is 24.4. The van der Waals surface area contributed by atoms with Gasteiger partial charge in [0.2, 0.25) is 0 Å². The number of nitro benzene ring substituents is 1. The number of nitro groups is 1. The molecule has 0 saturated carbocycles. The lowest BCUT2D eigenvalue weighted by molar-refractivity contribution is -0.385. The van der Waals surface area contributed by atoms with E-state index in [4.69, 9.17) is 0 Å². The smallest absolute Gasteiger partial charge is 0.282 e. The van der Waals surface area contributed by atoms with Gasteiger partial charge in [0.25, 0.3) is 11.6 Å². The van der Waals surface area contributed by atoms with Gasteiger partial charge >= 0.3 is 0 Å². The zero-order valence-corrected chi connectivity index (χ0v) is 10.8. The Balaban J connectivity index is 2.15. The molecule has 0 bridgehead atoms. The van der Waals surface area contributed by atoms with Gasteiger partial charge < -0.3 is 10.2 Å². The minimum atomic E-state index is -0.506. The number of benzene rings is 1. The number of nitrogens with zero attached hydrogens (tertiary/aromatic N) is 2. The number of para-hydroxylation sites is 1. The molecule has 1 aromatic rings. The molecule has 1 saturated heterocycles. The first kappa shape index (κ1) is 13.5. The molecule has 1 N–H and O–H groups in total. The van der Waals surface area contributed by atoms with E-state index in [2.05, 4.69) is 5.32 Å². The summed E-state index contributed by atoms with van der Waals surface area (Å²) in [6, 6.07) is 6.54. The average Bonchev–Trinajstić information content (AvgIpc) is 2.46. The van der Waals surface area contributed by atoms with E-state index in [1.54, 1.807) is 17.0 Å². The predicted molar refractivity (Wildman–Crippen MR) is 71.1 cm³/mol. The Morgan fingerprint density at radius 1 is 1.37 bits per heavy atom. The van der Waals surface area contributed by atoms with Gasteiger partial charge in [-0.05, 0) is 26.0 Å². The Hall–Kier alpha value is -1.95. The number of carbonyl (C=O) groups excluding carboxylic acids is 1. The van der Waals surface area contributed by atoms with Gasteiger partial charge in [0.1, 0.15) is 5.56 Å². The van der Waals surface area contributed by atoms with Crippen molar-refractivity contribution < 1.29 is 9.72 Å². The van der Waals surface area contributed by atoms with Crippen molar-refractivity contribution >= 4 is 11.6 Å². The second-order valence-corrected chi connectivity index (χ2v) is 4.63. The summed E-state index contributed by atoms with van der Waals surface area (Å²) >= 11 is 0. The topological polar surface area (TPSA) is 75.5 Å². The summed E-state index contributed by atoms with van der Waals surface area (Å²) in [5.41, 5.74) is 0.0543. The van der Waals surface area contributed by atoms with Crippen LogP contribution in [0.1, 0.15) is 23.2 Å². The lowest BCUT2D eigenvalue weighted by atomic mass is 10.0. The first-order valence-corrected chi connectivity index (χ1v) is 6.33. The zero-order valence-electron chi connectivity index (χ0n) is 10.8. The molecule has 1 aliphatic rings. The van der Waals surface area contributed by atoms with Crippen LogP contribution < -0.4 is 5.32 Å². The standard InChI is InChI=1S/C13H17N3O3/c1-14-10-6-8-15(9-7-10)13(17)11-4-2-3-5-12(11)16(18)19/h2-5,10,14H,6-9H2,1H3. The molecule has 1 fully saturated rings. The fraction of sp³-hybridized carbons (Fsp3) is 0.462. The van der Waals surface area contributed by atoms with Crippen LogP contribution in [0.5, 0.6) is 0 Å². The highest BCUT2D eigenvalue weighted by Gasteiger charge is 2.27. The maximum absolute atomic E-state index is 12.3. The average molecular weight is 263 g/mol. The van der Waals surface area contributed by atoms with Gasteiger partial charge in [0, 0.05) is 25.2 Å². The Labute approximate surface area is 111 Å². The van der Waals surface area contributed by atoms with E-state index in [0.29, 0.717) is 19.1 Å². The van der Waals surface area contributed by atoms with Gasteiger partial charge in [0.05, 0.1) is 4.92 Å². The third kappa shape index (κ3) is 2.90. The maximum atomic E-state index is 12.3. The Morgan fingerprint density at radius 2 is 2.00 bits per heavy atom. The van der Waals surface area contributed by atoms with E-state index in [9.17, 15) is 14.9 Å². The summed E-state index contributed by atoms with van der Waals surface area (Å²) in [6.07, 6.45) is 1.76. The van der Waals surface area contributed by atoms with E-state index in [1.807, 2.05) is 7.05 Å². The molecule has 1 amide bonds. The predicted octanol–water partition coefficient (Wildman–Crippen LogP) is 1.42. The van der Waals surface area contributed by atoms with Crippen LogP contribution in [0, 0.1) is 10.1 Å². The molecule has 0 atom stereocenters. The Morgan fingerprint density at radius 3 is 2.58 bits per heavy atom. The normalized spacial score (nSPS) is 16.4. The molecule has 6 nitrogen and oxygen atoms in total. The molecule has 1 aliphatic heterocycles. The Kier molecular flexibility index (Phi) is 4.11. The van der Waals surface area contributed by atoms with Gasteiger partial charge in [-0.1, -0.05) is 12.1 Å². The minimum Gasteiger partial charge on any atom is -0.338 e. The molecule has 19 heavy (non-hydrogen) atoms. The largest absolute Gasteiger partial charge is 0.338 e. The molecule has 0 aromatic heterocycles. The lowest BCUT2D eigenvalue weighted by Gasteiger charge is -2.31. The van der Waals surface area contributed by atoms with Crippen molar-refractivity contribution in [2.24, 2.45) is 0 Å². The molecule has 1 aromatic carbocycles. The van der Waals surface area contributed by atoms with Crippen LogP contribution in [0.25, 0.3) is 0 Å². The monoisotopic (exact) mass is 263 g/mol. The highest BCUT2D eigenvalue weighted by atomic mass is 16.6. The molecule has 0 radical (unpaired) electrons. The third-order valence-corrected chi connectivity index (χ3v) is 3.52. The minimum absolute atomic E-state index is 0.122. The highest BCUT2D eigenvalue weighted by molar-refractivity contribution is 5.98. The Bertz CT molecular complexity index is 482. The van der Waals surface area contributed by atoms with Crippen molar-refractivity contribution in [2.45, 2.75) is 18.9 Å². The first-order valence-electron chi connectivity index (χ1n) is 6.33. The molecular weight excluding hydrogens is 246 g/mol. The number of nitrogens with one attached hydrogen (secondary N) is 1. The van der Waals surface area contributed by atoms with E-state index in [-0.39, 0.29) is 17.2 Å². The molecular formula is C13H17N3O3. The molecule has 102 valence electrons. The second kappa shape index (κ2) is 5.79. The maximum Gasteiger partial charge on any atom is 0.282 e. The summed E-state index contributed by atoms with van der Waals surface area (Å²) in [5, 5.41) is 14.1. The molecule has 0 unspecified atom stereocenters. The number of carbonyl (C=O) groups is 1. The van der Waals surface area contributed by atoms with Crippen LogP contribution in [0.2, 0.25) is 0 Å². The number of piperidine rings is 1. The van der Waals surface area contributed by atoms with E-state index in [1.165, 1.54) is 12.1 Å². The van der Waals surface area contributed by atoms with Gasteiger partial charge in [-0.15, -0.1) is 0 Å². The lowest BCUT2D eigenvalue weighted by Crippen LogP contribution is -2.44. The van der Waals surface area contributed by atoms with Crippen molar-refractivity contribution in [2.75, 3.05) is 20.1 Å². The van der Waals surface area contributed by atoms with Crippen LogP contribution in [-0.2, 0) is 0 Å². The number of hydrogen-bond acceptors (Lipinski definition) is 4. The van der Waals surface area contributed by atoms with Gasteiger partial charge in [-0.25, -0.2) is 0 Å². The summed E-state index contributed by atoms with van der Waals surface area (Å²) in [5.74, 6) is -0.248. The molecule has 0 spiro atoms. The molecule has 6 heteroatoms. The molecule has 2 rings (SSSR count). The number of amides is 1. The van der Waals surface area contributed by atoms with Crippen LogP contribution >= 0.6 is 0 Å². The molecule has 1 heterocycles. The fourth-order valence-corrected chi connectivity index (χ4v) is 2.36. The van der Waals surface area contributed by atoms with Crippen molar-refractivity contribution in [1.82, 2.24) is 10.2 Å². The van der Waals surface area contributed by atoms with Crippen LogP contribution in [-0.4, -0.2) is 41.9 Å². The summed E-state index contributed by atoms with van der Waals surface area (Å²) in [6.45, 7) is 1.27.